The number of hydrogen-bond acceptors (Lipinski definition) is 4. The SMILES string of the molecule is CCNS(=O)(=O)CCNCC1(C)COC1. The van der Waals surface area contributed by atoms with E-state index in [1.165, 1.54) is 0 Å². The first-order valence-corrected chi connectivity index (χ1v) is 6.88. The fraction of sp³-hybridized carbons (Fsp3) is 1.00. The molecule has 1 rings (SSSR count). The summed E-state index contributed by atoms with van der Waals surface area (Å²) in [5.41, 5.74) is 0.196. The first kappa shape index (κ1) is 12.9. The van der Waals surface area contributed by atoms with Gasteiger partial charge in [-0.3, -0.25) is 0 Å². The Labute approximate surface area is 91.6 Å². The lowest BCUT2D eigenvalue weighted by molar-refractivity contribution is -0.0987. The van der Waals surface area contributed by atoms with Gasteiger partial charge in [0.15, 0.2) is 0 Å². The Morgan fingerprint density at radius 2 is 2.07 bits per heavy atom. The van der Waals surface area contributed by atoms with Crippen molar-refractivity contribution in [2.24, 2.45) is 5.41 Å². The van der Waals surface area contributed by atoms with Gasteiger partial charge in [-0.15, -0.1) is 0 Å². The van der Waals surface area contributed by atoms with E-state index in [4.69, 9.17) is 4.74 Å². The second-order valence-corrected chi connectivity index (χ2v) is 6.22. The highest BCUT2D eigenvalue weighted by Crippen LogP contribution is 2.24. The molecule has 0 bridgehead atoms. The summed E-state index contributed by atoms with van der Waals surface area (Å²) in [5, 5.41) is 3.14. The number of hydrogen-bond donors (Lipinski definition) is 2. The molecule has 90 valence electrons. The molecular weight excluding hydrogens is 216 g/mol. The minimum absolute atomic E-state index is 0.137. The number of rotatable bonds is 7. The molecule has 1 heterocycles. The van der Waals surface area contributed by atoms with Gasteiger partial charge in [0.1, 0.15) is 0 Å². The Morgan fingerprint density at radius 1 is 1.40 bits per heavy atom. The van der Waals surface area contributed by atoms with E-state index in [0.29, 0.717) is 13.1 Å². The Hall–Kier alpha value is -0.170. The largest absolute Gasteiger partial charge is 0.380 e. The van der Waals surface area contributed by atoms with Gasteiger partial charge >= 0.3 is 0 Å². The van der Waals surface area contributed by atoms with E-state index < -0.39 is 10.0 Å². The van der Waals surface area contributed by atoms with Crippen LogP contribution in [0.15, 0.2) is 0 Å². The first-order chi connectivity index (χ1) is 6.97. The van der Waals surface area contributed by atoms with E-state index in [0.717, 1.165) is 19.8 Å². The van der Waals surface area contributed by atoms with E-state index in [2.05, 4.69) is 17.0 Å². The van der Waals surface area contributed by atoms with E-state index in [9.17, 15) is 8.42 Å². The Bertz CT molecular complexity index is 286. The number of nitrogens with one attached hydrogen (secondary N) is 2. The maximum absolute atomic E-state index is 11.3. The normalized spacial score (nSPS) is 19.9. The van der Waals surface area contributed by atoms with Crippen LogP contribution in [-0.4, -0.2) is 47.0 Å². The van der Waals surface area contributed by atoms with Crippen LogP contribution in [0.4, 0.5) is 0 Å². The molecule has 6 heteroatoms. The van der Waals surface area contributed by atoms with E-state index in [-0.39, 0.29) is 11.2 Å². The number of ether oxygens (including phenoxy) is 1. The molecule has 0 amide bonds. The van der Waals surface area contributed by atoms with E-state index in [1.54, 1.807) is 6.92 Å². The monoisotopic (exact) mass is 236 g/mol. The summed E-state index contributed by atoms with van der Waals surface area (Å²) in [7, 11) is -3.08. The van der Waals surface area contributed by atoms with E-state index in [1.807, 2.05) is 0 Å². The minimum Gasteiger partial charge on any atom is -0.380 e. The molecule has 0 aliphatic carbocycles. The molecule has 1 aliphatic rings. The highest BCUT2D eigenvalue weighted by atomic mass is 32.2. The average Bonchev–Trinajstić information content (AvgIpc) is 2.09. The van der Waals surface area contributed by atoms with Crippen LogP contribution in [0.3, 0.4) is 0 Å². The molecule has 0 saturated carbocycles. The van der Waals surface area contributed by atoms with Crippen molar-refractivity contribution in [1.82, 2.24) is 10.0 Å². The van der Waals surface area contributed by atoms with Gasteiger partial charge in [-0.25, -0.2) is 13.1 Å². The number of sulfonamides is 1. The molecular formula is C9H20N2O3S. The quantitative estimate of drug-likeness (QED) is 0.588. The fourth-order valence-corrected chi connectivity index (χ4v) is 2.44. The predicted molar refractivity (Wildman–Crippen MR) is 59.3 cm³/mol. The fourth-order valence-electron chi connectivity index (χ4n) is 1.44. The Kier molecular flexibility index (Phi) is 4.51. The third-order valence-electron chi connectivity index (χ3n) is 2.36. The molecule has 0 aromatic carbocycles. The van der Waals surface area contributed by atoms with Crippen LogP contribution in [0.2, 0.25) is 0 Å². The van der Waals surface area contributed by atoms with Crippen LogP contribution in [0, 0.1) is 5.41 Å². The van der Waals surface area contributed by atoms with Crippen molar-refractivity contribution in [2.75, 3.05) is 38.6 Å². The van der Waals surface area contributed by atoms with Crippen molar-refractivity contribution < 1.29 is 13.2 Å². The summed E-state index contributed by atoms with van der Waals surface area (Å²) in [6.45, 7) is 7.19. The molecule has 5 nitrogen and oxygen atoms in total. The van der Waals surface area contributed by atoms with Crippen molar-refractivity contribution >= 4 is 10.0 Å². The van der Waals surface area contributed by atoms with Crippen LogP contribution in [0.5, 0.6) is 0 Å². The topological polar surface area (TPSA) is 67.4 Å². The van der Waals surface area contributed by atoms with E-state index >= 15 is 0 Å². The third kappa shape index (κ3) is 4.46. The average molecular weight is 236 g/mol. The maximum atomic E-state index is 11.3. The molecule has 0 unspecified atom stereocenters. The zero-order valence-electron chi connectivity index (χ0n) is 9.38. The van der Waals surface area contributed by atoms with Crippen LogP contribution in [0.1, 0.15) is 13.8 Å². The molecule has 1 saturated heterocycles. The van der Waals surface area contributed by atoms with Gasteiger partial charge in [0.25, 0.3) is 0 Å². The second-order valence-electron chi connectivity index (χ2n) is 4.30. The van der Waals surface area contributed by atoms with Gasteiger partial charge in [0.05, 0.1) is 19.0 Å². The van der Waals surface area contributed by atoms with Gasteiger partial charge < -0.3 is 10.1 Å². The molecule has 2 N–H and O–H groups in total. The highest BCUT2D eigenvalue weighted by Gasteiger charge is 2.32. The third-order valence-corrected chi connectivity index (χ3v) is 3.83. The lowest BCUT2D eigenvalue weighted by atomic mass is 9.89. The molecule has 0 atom stereocenters. The lowest BCUT2D eigenvalue weighted by Gasteiger charge is -2.38. The Balaban J connectivity index is 2.11. The zero-order chi connectivity index (χ0) is 11.4. The molecule has 1 aliphatic heterocycles. The van der Waals surface area contributed by atoms with Crippen molar-refractivity contribution in [3.8, 4) is 0 Å². The minimum atomic E-state index is -3.08. The van der Waals surface area contributed by atoms with Crippen molar-refractivity contribution in [1.29, 1.82) is 0 Å². The second kappa shape index (κ2) is 5.25. The highest BCUT2D eigenvalue weighted by molar-refractivity contribution is 7.89. The summed E-state index contributed by atoms with van der Waals surface area (Å²) in [6.07, 6.45) is 0. The van der Waals surface area contributed by atoms with Gasteiger partial charge in [-0.05, 0) is 0 Å². The van der Waals surface area contributed by atoms with Gasteiger partial charge in [0.2, 0.25) is 10.0 Å². The molecule has 1 fully saturated rings. The first-order valence-electron chi connectivity index (χ1n) is 5.23. The molecule has 0 radical (unpaired) electrons. The van der Waals surface area contributed by atoms with Crippen LogP contribution in [0.25, 0.3) is 0 Å². The van der Waals surface area contributed by atoms with Crippen molar-refractivity contribution in [3.63, 3.8) is 0 Å². The standard InChI is InChI=1S/C9H20N2O3S/c1-3-11-15(12,13)5-4-10-6-9(2)7-14-8-9/h10-11H,3-8H2,1-2H3. The van der Waals surface area contributed by atoms with Crippen LogP contribution >= 0.6 is 0 Å². The van der Waals surface area contributed by atoms with Crippen molar-refractivity contribution in [2.45, 2.75) is 13.8 Å². The smallest absolute Gasteiger partial charge is 0.212 e. The maximum Gasteiger partial charge on any atom is 0.212 e. The Morgan fingerprint density at radius 3 is 2.53 bits per heavy atom. The zero-order valence-corrected chi connectivity index (χ0v) is 10.2. The van der Waals surface area contributed by atoms with Gasteiger partial charge in [0, 0.05) is 25.0 Å². The molecule has 0 spiro atoms. The van der Waals surface area contributed by atoms with Crippen LogP contribution < -0.4 is 10.0 Å². The summed E-state index contributed by atoms with van der Waals surface area (Å²) in [5.74, 6) is 0.137. The summed E-state index contributed by atoms with van der Waals surface area (Å²) < 4.78 is 30.1. The summed E-state index contributed by atoms with van der Waals surface area (Å²) >= 11 is 0. The van der Waals surface area contributed by atoms with Gasteiger partial charge in [-0.2, -0.15) is 0 Å². The molecule has 0 aromatic heterocycles. The predicted octanol–water partition coefficient (Wildman–Crippen LogP) is -0.448. The summed E-state index contributed by atoms with van der Waals surface area (Å²) in [6, 6.07) is 0. The molecule has 15 heavy (non-hydrogen) atoms. The van der Waals surface area contributed by atoms with Gasteiger partial charge in [-0.1, -0.05) is 13.8 Å². The van der Waals surface area contributed by atoms with Crippen molar-refractivity contribution in [3.05, 3.63) is 0 Å². The molecule has 0 aromatic rings. The lowest BCUT2D eigenvalue weighted by Crippen LogP contribution is -2.48. The van der Waals surface area contributed by atoms with Crippen LogP contribution in [-0.2, 0) is 14.8 Å². The summed E-state index contributed by atoms with van der Waals surface area (Å²) in [4.78, 5) is 0.